The number of likely N-dealkylation sites (tertiary alicyclic amines) is 1. The van der Waals surface area contributed by atoms with Gasteiger partial charge >= 0.3 is 0 Å². The predicted molar refractivity (Wildman–Crippen MR) is 125 cm³/mol. The lowest BCUT2D eigenvalue weighted by molar-refractivity contribution is -0.121. The Morgan fingerprint density at radius 2 is 1.61 bits per heavy atom. The third-order valence-electron chi connectivity index (χ3n) is 5.32. The molecule has 1 aliphatic heterocycles. The molecular weight excluding hydrogens is 453 g/mol. The Kier molecular flexibility index (Phi) is 6.90. The smallest absolute Gasteiger partial charge is 0.253 e. The number of carbonyl (C=O) groups excluding carboxylic acids is 2. The average molecular weight is 474 g/mol. The van der Waals surface area contributed by atoms with Crippen molar-refractivity contribution < 1.29 is 9.59 Å². The summed E-state index contributed by atoms with van der Waals surface area (Å²) in [4.78, 5) is 32.5. The van der Waals surface area contributed by atoms with E-state index < -0.39 is 0 Å². The molecule has 0 radical (unpaired) electrons. The molecule has 0 bridgehead atoms. The van der Waals surface area contributed by atoms with Gasteiger partial charge in [-0.15, -0.1) is 11.3 Å². The molecule has 31 heavy (non-hydrogen) atoms. The topological polar surface area (TPSA) is 62.3 Å². The quantitative estimate of drug-likeness (QED) is 0.529. The Morgan fingerprint density at radius 3 is 2.26 bits per heavy atom. The van der Waals surface area contributed by atoms with Crippen LogP contribution in [0, 0.1) is 5.92 Å². The third kappa shape index (κ3) is 5.64. The van der Waals surface area contributed by atoms with Gasteiger partial charge < -0.3 is 10.2 Å². The van der Waals surface area contributed by atoms with Crippen LogP contribution in [0.1, 0.15) is 33.6 Å². The van der Waals surface area contributed by atoms with Crippen LogP contribution in [0.15, 0.2) is 54.7 Å². The van der Waals surface area contributed by atoms with Gasteiger partial charge in [-0.25, -0.2) is 4.98 Å². The highest BCUT2D eigenvalue weighted by Crippen LogP contribution is 2.25. The second kappa shape index (κ2) is 9.81. The van der Waals surface area contributed by atoms with E-state index in [9.17, 15) is 9.59 Å². The van der Waals surface area contributed by atoms with Gasteiger partial charge in [-0.3, -0.25) is 9.59 Å². The minimum Gasteiger partial charge on any atom is -0.339 e. The SMILES string of the molecule is O=C(Nc1ncc(Cc2ccc(Cl)cc2)s1)C1CCN(C(=O)c2ccc(Cl)cc2)CC1. The summed E-state index contributed by atoms with van der Waals surface area (Å²) in [5.41, 5.74) is 1.76. The van der Waals surface area contributed by atoms with Crippen LogP contribution in [0.5, 0.6) is 0 Å². The molecular formula is C23H21Cl2N3O2S. The molecule has 1 N–H and O–H groups in total. The Morgan fingerprint density at radius 1 is 1.00 bits per heavy atom. The van der Waals surface area contributed by atoms with Crippen LogP contribution in [0.25, 0.3) is 0 Å². The fourth-order valence-electron chi connectivity index (χ4n) is 3.58. The van der Waals surface area contributed by atoms with Gasteiger partial charge in [0.2, 0.25) is 5.91 Å². The zero-order chi connectivity index (χ0) is 21.8. The number of benzene rings is 2. The Balaban J connectivity index is 1.28. The number of hydrogen-bond donors (Lipinski definition) is 1. The van der Waals surface area contributed by atoms with Crippen LogP contribution >= 0.6 is 34.5 Å². The molecule has 2 amide bonds. The Hall–Kier alpha value is -2.41. The lowest BCUT2D eigenvalue weighted by Crippen LogP contribution is -2.41. The van der Waals surface area contributed by atoms with Gasteiger partial charge in [0.15, 0.2) is 5.13 Å². The van der Waals surface area contributed by atoms with Crippen LogP contribution in [-0.4, -0.2) is 34.8 Å². The molecule has 1 aromatic heterocycles. The monoisotopic (exact) mass is 473 g/mol. The number of amides is 2. The summed E-state index contributed by atoms with van der Waals surface area (Å²) in [5, 5.41) is 4.86. The number of thiazole rings is 1. The van der Waals surface area contributed by atoms with E-state index in [4.69, 9.17) is 23.2 Å². The minimum atomic E-state index is -0.127. The van der Waals surface area contributed by atoms with Crippen molar-refractivity contribution in [1.82, 2.24) is 9.88 Å². The summed E-state index contributed by atoms with van der Waals surface area (Å²) < 4.78 is 0. The summed E-state index contributed by atoms with van der Waals surface area (Å²) >= 11 is 13.3. The molecule has 1 aliphatic rings. The van der Waals surface area contributed by atoms with Gasteiger partial charge in [-0.05, 0) is 54.8 Å². The molecule has 0 saturated carbocycles. The van der Waals surface area contributed by atoms with Gasteiger partial charge in [0, 0.05) is 52.1 Å². The first-order chi connectivity index (χ1) is 15.0. The number of rotatable bonds is 5. The molecule has 0 spiro atoms. The highest BCUT2D eigenvalue weighted by molar-refractivity contribution is 7.15. The summed E-state index contributed by atoms with van der Waals surface area (Å²) in [7, 11) is 0. The molecule has 160 valence electrons. The minimum absolute atomic E-state index is 0.0257. The van der Waals surface area contributed by atoms with E-state index in [1.54, 1.807) is 35.4 Å². The lowest BCUT2D eigenvalue weighted by atomic mass is 9.95. The molecule has 0 aliphatic carbocycles. The molecule has 2 heterocycles. The van der Waals surface area contributed by atoms with Gasteiger partial charge in [0.1, 0.15) is 0 Å². The maximum atomic E-state index is 12.7. The molecule has 2 aromatic carbocycles. The summed E-state index contributed by atoms with van der Waals surface area (Å²) in [6, 6.07) is 14.6. The number of hydrogen-bond acceptors (Lipinski definition) is 4. The molecule has 1 saturated heterocycles. The molecule has 5 nitrogen and oxygen atoms in total. The molecule has 4 rings (SSSR count). The highest BCUT2D eigenvalue weighted by atomic mass is 35.5. The Labute approximate surface area is 195 Å². The van der Waals surface area contributed by atoms with E-state index in [0.717, 1.165) is 16.9 Å². The fraction of sp³-hybridized carbons (Fsp3) is 0.261. The van der Waals surface area contributed by atoms with Crippen molar-refractivity contribution in [3.8, 4) is 0 Å². The summed E-state index contributed by atoms with van der Waals surface area (Å²) in [6.07, 6.45) is 3.81. The second-order valence-electron chi connectivity index (χ2n) is 7.50. The van der Waals surface area contributed by atoms with Crippen molar-refractivity contribution in [1.29, 1.82) is 0 Å². The van der Waals surface area contributed by atoms with Crippen LogP contribution in [0.4, 0.5) is 5.13 Å². The van der Waals surface area contributed by atoms with Crippen LogP contribution < -0.4 is 5.32 Å². The van der Waals surface area contributed by atoms with Crippen molar-refractivity contribution >= 4 is 51.5 Å². The van der Waals surface area contributed by atoms with E-state index in [2.05, 4.69) is 10.3 Å². The number of nitrogens with one attached hydrogen (secondary N) is 1. The molecule has 8 heteroatoms. The molecule has 0 unspecified atom stereocenters. The number of aromatic nitrogens is 1. The van der Waals surface area contributed by atoms with Crippen LogP contribution in [0.3, 0.4) is 0 Å². The van der Waals surface area contributed by atoms with E-state index in [-0.39, 0.29) is 17.7 Å². The number of carbonyl (C=O) groups is 2. The van der Waals surface area contributed by atoms with Crippen LogP contribution in [0.2, 0.25) is 10.0 Å². The highest BCUT2D eigenvalue weighted by Gasteiger charge is 2.28. The van der Waals surface area contributed by atoms with Gasteiger partial charge in [-0.2, -0.15) is 0 Å². The van der Waals surface area contributed by atoms with Gasteiger partial charge in [-0.1, -0.05) is 35.3 Å². The first-order valence-corrected chi connectivity index (χ1v) is 11.6. The molecule has 0 atom stereocenters. The normalized spacial score (nSPS) is 14.5. The summed E-state index contributed by atoms with van der Waals surface area (Å²) in [6.45, 7) is 1.11. The lowest BCUT2D eigenvalue weighted by Gasteiger charge is -2.31. The largest absolute Gasteiger partial charge is 0.339 e. The number of halogens is 2. The zero-order valence-corrected chi connectivity index (χ0v) is 19.0. The first-order valence-electron chi connectivity index (χ1n) is 10.0. The van der Waals surface area contributed by atoms with E-state index in [0.29, 0.717) is 46.7 Å². The zero-order valence-electron chi connectivity index (χ0n) is 16.7. The third-order valence-corrected chi connectivity index (χ3v) is 6.74. The van der Waals surface area contributed by atoms with Crippen LogP contribution in [-0.2, 0) is 11.2 Å². The van der Waals surface area contributed by atoms with Crippen molar-refractivity contribution in [2.75, 3.05) is 18.4 Å². The maximum absolute atomic E-state index is 12.7. The standard InChI is InChI=1S/C23H21Cl2N3O2S/c24-18-5-1-15(2-6-18)13-20-14-26-23(31-20)27-21(29)16-9-11-28(12-10-16)22(30)17-3-7-19(25)8-4-17/h1-8,14,16H,9-13H2,(H,26,27,29). The van der Waals surface area contributed by atoms with Crippen molar-refractivity contribution in [2.24, 2.45) is 5.92 Å². The number of anilines is 1. The fourth-order valence-corrected chi connectivity index (χ4v) is 4.68. The van der Waals surface area contributed by atoms with E-state index >= 15 is 0 Å². The number of nitrogens with zero attached hydrogens (tertiary/aromatic N) is 2. The average Bonchev–Trinajstić information content (AvgIpc) is 3.22. The van der Waals surface area contributed by atoms with Gasteiger partial charge in [0.25, 0.3) is 5.91 Å². The van der Waals surface area contributed by atoms with Crippen molar-refractivity contribution in [2.45, 2.75) is 19.3 Å². The molecule has 1 fully saturated rings. The predicted octanol–water partition coefficient (Wildman–Crippen LogP) is 5.53. The summed E-state index contributed by atoms with van der Waals surface area (Å²) in [5.74, 6) is -0.189. The van der Waals surface area contributed by atoms with Crippen molar-refractivity contribution in [3.05, 3.63) is 80.8 Å². The second-order valence-corrected chi connectivity index (χ2v) is 9.49. The van der Waals surface area contributed by atoms with E-state index in [1.807, 2.05) is 24.3 Å². The molecule has 3 aromatic rings. The Bertz CT molecular complexity index is 1060. The first kappa shape index (κ1) is 21.8. The van der Waals surface area contributed by atoms with Gasteiger partial charge in [0.05, 0.1) is 0 Å². The maximum Gasteiger partial charge on any atom is 0.253 e. The van der Waals surface area contributed by atoms with Crippen molar-refractivity contribution in [3.63, 3.8) is 0 Å². The number of piperidine rings is 1. The van der Waals surface area contributed by atoms with E-state index in [1.165, 1.54) is 11.3 Å².